The summed E-state index contributed by atoms with van der Waals surface area (Å²) in [5.41, 5.74) is 2.18. The third kappa shape index (κ3) is 4.32. The molecule has 0 aromatic heterocycles. The summed E-state index contributed by atoms with van der Waals surface area (Å²) in [5.74, 6) is 1.06. The maximum Gasteiger partial charge on any atom is 0.289 e. The highest BCUT2D eigenvalue weighted by atomic mass is 35.9. The van der Waals surface area contributed by atoms with Crippen LogP contribution in [0.5, 0.6) is 5.75 Å². The lowest BCUT2D eigenvalue weighted by Gasteiger charge is -2.16. The second kappa shape index (κ2) is 5.05. The Morgan fingerprint density at radius 1 is 1.33 bits per heavy atom. The molecule has 0 aliphatic rings. The summed E-state index contributed by atoms with van der Waals surface area (Å²) in [6.07, 6.45) is 0. The van der Waals surface area contributed by atoms with Crippen LogP contribution in [0.3, 0.4) is 0 Å². The molecule has 1 nitrogen and oxygen atoms in total. The molecule has 0 N–H and O–H groups in total. The first kappa shape index (κ1) is 13.3. The summed E-state index contributed by atoms with van der Waals surface area (Å²) < 4.78 is 5.43. The van der Waals surface area contributed by atoms with Crippen LogP contribution in [-0.2, 0) is 11.8 Å². The molecule has 1 rings (SSSR count). The number of halogens is 2. The number of benzene rings is 1. The fourth-order valence-electron chi connectivity index (χ4n) is 1.31. The maximum absolute atomic E-state index is 5.77. The highest BCUT2D eigenvalue weighted by Crippen LogP contribution is 2.58. The Labute approximate surface area is 105 Å². The molecule has 0 saturated carbocycles. The van der Waals surface area contributed by atoms with E-state index in [1.54, 1.807) is 0 Å². The number of hydrogen-bond donors (Lipinski definition) is 0. The summed E-state index contributed by atoms with van der Waals surface area (Å²) in [6, 6.07) is 5.98. The molecule has 15 heavy (non-hydrogen) atoms. The van der Waals surface area contributed by atoms with Gasteiger partial charge in [-0.25, -0.2) is 0 Å². The molecule has 1 aromatic rings. The van der Waals surface area contributed by atoms with E-state index in [0.29, 0.717) is 11.7 Å². The van der Waals surface area contributed by atoms with Crippen molar-refractivity contribution in [3.05, 3.63) is 29.3 Å². The van der Waals surface area contributed by atoms with Gasteiger partial charge in [-0.1, -0.05) is 26.0 Å². The zero-order valence-electron chi connectivity index (χ0n) is 8.83. The van der Waals surface area contributed by atoms with Crippen molar-refractivity contribution in [1.82, 2.24) is 0 Å². The third-order valence-electron chi connectivity index (χ3n) is 2.00. The van der Waals surface area contributed by atoms with Gasteiger partial charge < -0.3 is 4.52 Å². The zero-order valence-corrected chi connectivity index (χ0v) is 12.1. The van der Waals surface area contributed by atoms with E-state index in [9.17, 15) is 0 Å². The predicted molar refractivity (Wildman–Crippen MR) is 71.9 cm³/mol. The minimum absolute atomic E-state index is 0.357. The van der Waals surface area contributed by atoms with Crippen LogP contribution in [0, 0.1) is 6.92 Å². The summed E-state index contributed by atoms with van der Waals surface area (Å²) in [4.78, 5) is -2.70. The molecule has 0 spiro atoms. The van der Waals surface area contributed by atoms with Gasteiger partial charge in [-0.05, 0) is 64.3 Å². The van der Waals surface area contributed by atoms with Crippen molar-refractivity contribution in [2.24, 2.45) is 0 Å². The summed E-state index contributed by atoms with van der Waals surface area (Å²) in [5, 5.41) is 0. The molecule has 0 atom stereocenters. The number of hydrogen-bond acceptors (Lipinski definition) is 2. The molecule has 0 aliphatic carbocycles. The first-order chi connectivity index (χ1) is 6.79. The average Bonchev–Trinajstić information content (AvgIpc) is 1.99. The minimum Gasteiger partial charge on any atom is -0.441 e. The van der Waals surface area contributed by atoms with Crippen LogP contribution in [0.4, 0.5) is 0 Å². The Kier molecular flexibility index (Phi) is 4.49. The molecular weight excluding hydrogens is 270 g/mol. The molecule has 0 amide bonds. The van der Waals surface area contributed by atoms with Crippen LogP contribution < -0.4 is 4.52 Å². The Bertz CT molecular complexity index is 400. The van der Waals surface area contributed by atoms with E-state index in [2.05, 4.69) is 13.8 Å². The van der Waals surface area contributed by atoms with E-state index in [1.165, 1.54) is 0 Å². The molecule has 0 aliphatic heterocycles. The van der Waals surface area contributed by atoms with E-state index < -0.39 is 4.97 Å². The molecule has 0 unspecified atom stereocenters. The zero-order chi connectivity index (χ0) is 11.6. The number of rotatable bonds is 3. The van der Waals surface area contributed by atoms with E-state index in [1.807, 2.05) is 25.1 Å². The Balaban J connectivity index is 3.13. The van der Waals surface area contributed by atoms with E-state index >= 15 is 0 Å². The van der Waals surface area contributed by atoms with Crippen LogP contribution in [0.2, 0.25) is 0 Å². The molecule has 0 bridgehead atoms. The van der Waals surface area contributed by atoms with E-state index in [4.69, 9.17) is 38.8 Å². The largest absolute Gasteiger partial charge is 0.441 e. The molecule has 0 saturated heterocycles. The smallest absolute Gasteiger partial charge is 0.289 e. The van der Waals surface area contributed by atoms with Crippen molar-refractivity contribution in [3.8, 4) is 5.75 Å². The van der Waals surface area contributed by atoms with Gasteiger partial charge in [0.15, 0.2) is 0 Å². The average molecular weight is 283 g/mol. The van der Waals surface area contributed by atoms with Gasteiger partial charge >= 0.3 is 0 Å². The van der Waals surface area contributed by atoms with Crippen molar-refractivity contribution < 1.29 is 4.52 Å². The second-order valence-electron chi connectivity index (χ2n) is 3.70. The van der Waals surface area contributed by atoms with Crippen LogP contribution >= 0.6 is 27.5 Å². The lowest BCUT2D eigenvalue weighted by atomic mass is 10.0. The van der Waals surface area contributed by atoms with Gasteiger partial charge in [-0.15, -0.1) is 0 Å². The van der Waals surface area contributed by atoms with Crippen LogP contribution in [-0.4, -0.2) is 0 Å². The first-order valence-electron chi connectivity index (χ1n) is 4.59. The van der Waals surface area contributed by atoms with Crippen molar-refractivity contribution in [2.75, 3.05) is 0 Å². The molecule has 5 heteroatoms. The van der Waals surface area contributed by atoms with Crippen LogP contribution in [0.25, 0.3) is 0 Å². The normalized spacial score (nSPS) is 11.9. The monoisotopic (exact) mass is 282 g/mol. The Hall–Kier alpha value is 0.250. The SMILES string of the molecule is Cc1ccc(C(C)C)c(OP(=S)(Cl)Cl)c1. The van der Waals surface area contributed by atoms with E-state index in [0.717, 1.165) is 11.1 Å². The summed E-state index contributed by atoms with van der Waals surface area (Å²) in [6.45, 7) is 6.16. The quantitative estimate of drug-likeness (QED) is 0.705. The second-order valence-corrected chi connectivity index (χ2v) is 10.8. The predicted octanol–water partition coefficient (Wildman–Crippen LogP) is 5.20. The number of aryl methyl sites for hydroxylation is 1. The van der Waals surface area contributed by atoms with Crippen molar-refractivity contribution in [2.45, 2.75) is 26.7 Å². The lowest BCUT2D eigenvalue weighted by Crippen LogP contribution is -1.93. The Morgan fingerprint density at radius 3 is 2.40 bits per heavy atom. The van der Waals surface area contributed by atoms with Crippen molar-refractivity contribution in [3.63, 3.8) is 0 Å². The molecule has 84 valence electrons. The highest BCUT2D eigenvalue weighted by molar-refractivity contribution is 8.36. The van der Waals surface area contributed by atoms with Crippen LogP contribution in [0.15, 0.2) is 18.2 Å². The van der Waals surface area contributed by atoms with Crippen molar-refractivity contribution >= 4 is 39.3 Å². The van der Waals surface area contributed by atoms with Gasteiger partial charge in [0.25, 0.3) is 4.97 Å². The van der Waals surface area contributed by atoms with Crippen molar-refractivity contribution in [1.29, 1.82) is 0 Å². The topological polar surface area (TPSA) is 9.23 Å². The highest BCUT2D eigenvalue weighted by Gasteiger charge is 2.15. The summed E-state index contributed by atoms with van der Waals surface area (Å²) in [7, 11) is 0. The van der Waals surface area contributed by atoms with Gasteiger partial charge in [-0.3, -0.25) is 0 Å². The molecular formula is C10H13Cl2OPS. The first-order valence-corrected chi connectivity index (χ1v) is 9.12. The molecule has 0 fully saturated rings. The lowest BCUT2D eigenvalue weighted by molar-refractivity contribution is 0.614. The fourth-order valence-corrected chi connectivity index (χ4v) is 2.39. The van der Waals surface area contributed by atoms with Gasteiger partial charge in [0.2, 0.25) is 0 Å². The third-order valence-corrected chi connectivity index (χ3v) is 3.04. The van der Waals surface area contributed by atoms with Gasteiger partial charge in [0.05, 0.1) is 0 Å². The van der Waals surface area contributed by atoms with E-state index in [-0.39, 0.29) is 0 Å². The summed E-state index contributed by atoms with van der Waals surface area (Å²) >= 11 is 16.4. The maximum atomic E-state index is 5.77. The molecule has 0 radical (unpaired) electrons. The minimum atomic E-state index is -2.70. The molecule has 1 aromatic carbocycles. The standard InChI is InChI=1S/C10H13Cl2OPS/c1-7(2)9-5-4-8(3)6-10(9)13-14(11,12)15/h4-7H,1-3H3. The van der Waals surface area contributed by atoms with Crippen LogP contribution in [0.1, 0.15) is 30.9 Å². The fraction of sp³-hybridized carbons (Fsp3) is 0.400. The Morgan fingerprint density at radius 2 is 1.93 bits per heavy atom. The van der Waals surface area contributed by atoms with Gasteiger partial charge in [0.1, 0.15) is 5.75 Å². The van der Waals surface area contributed by atoms with Gasteiger partial charge in [0, 0.05) is 0 Å². The van der Waals surface area contributed by atoms with Gasteiger partial charge in [-0.2, -0.15) is 0 Å². The molecule has 0 heterocycles.